The molecule has 3 aromatic rings. The second kappa shape index (κ2) is 9.40. The van der Waals surface area contributed by atoms with Crippen LogP contribution in [0.2, 0.25) is 5.02 Å². The van der Waals surface area contributed by atoms with Gasteiger partial charge in [-0.2, -0.15) is 18.3 Å². The number of halogens is 4. The van der Waals surface area contributed by atoms with Crippen LogP contribution in [0.1, 0.15) is 34.5 Å². The molecule has 1 aliphatic rings. The van der Waals surface area contributed by atoms with Gasteiger partial charge in [0, 0.05) is 17.8 Å². The largest absolute Gasteiger partial charge is 0.489 e. The number of anilines is 1. The summed E-state index contributed by atoms with van der Waals surface area (Å²) in [7, 11) is 0. The first kappa shape index (κ1) is 23.1. The molecule has 0 aliphatic carbocycles. The maximum absolute atomic E-state index is 12.9. The topological polar surface area (TPSA) is 78.3 Å². The van der Waals surface area contributed by atoms with Gasteiger partial charge >= 0.3 is 6.18 Å². The number of rotatable bonds is 6. The van der Waals surface area contributed by atoms with Crippen molar-refractivity contribution < 1.29 is 27.4 Å². The van der Waals surface area contributed by atoms with Gasteiger partial charge in [0.1, 0.15) is 12.4 Å². The lowest BCUT2D eigenvalue weighted by Gasteiger charge is -2.15. The molecule has 1 amide bonds. The molecule has 1 aromatic carbocycles. The van der Waals surface area contributed by atoms with E-state index < -0.39 is 17.6 Å². The Hall–Kier alpha value is -3.11. The van der Waals surface area contributed by atoms with Gasteiger partial charge in [-0.25, -0.2) is 9.67 Å². The Labute approximate surface area is 192 Å². The first-order chi connectivity index (χ1) is 15.7. The van der Waals surface area contributed by atoms with Gasteiger partial charge in [0.15, 0.2) is 5.82 Å². The van der Waals surface area contributed by atoms with E-state index >= 15 is 0 Å². The van der Waals surface area contributed by atoms with Gasteiger partial charge in [-0.15, -0.1) is 0 Å². The number of nitrogens with one attached hydrogen (secondary N) is 1. The molecule has 1 fully saturated rings. The first-order valence-electron chi connectivity index (χ1n) is 10.2. The van der Waals surface area contributed by atoms with E-state index in [4.69, 9.17) is 21.1 Å². The zero-order valence-corrected chi connectivity index (χ0v) is 18.3. The van der Waals surface area contributed by atoms with Crippen molar-refractivity contribution in [2.75, 3.05) is 18.5 Å². The van der Waals surface area contributed by atoms with Crippen LogP contribution in [0, 0.1) is 6.92 Å². The molecule has 174 valence electrons. The summed E-state index contributed by atoms with van der Waals surface area (Å²) in [6.07, 6.45) is -0.556. The second-order valence-electron chi connectivity index (χ2n) is 7.50. The highest BCUT2D eigenvalue weighted by molar-refractivity contribution is 6.31. The number of aromatic nitrogens is 3. The fraction of sp³-hybridized carbons (Fsp3) is 0.318. The molecule has 2 aromatic heterocycles. The molecule has 1 aliphatic heterocycles. The molecule has 0 bridgehead atoms. The predicted molar refractivity (Wildman–Crippen MR) is 115 cm³/mol. The van der Waals surface area contributed by atoms with Crippen LogP contribution in [0.4, 0.5) is 18.9 Å². The van der Waals surface area contributed by atoms with Crippen LogP contribution in [-0.2, 0) is 10.9 Å². The number of carbonyl (C=O) groups is 1. The summed E-state index contributed by atoms with van der Waals surface area (Å²) in [4.78, 5) is 16.8. The number of amides is 1. The fourth-order valence-corrected chi connectivity index (χ4v) is 3.59. The Balaban J connectivity index is 1.51. The van der Waals surface area contributed by atoms with Gasteiger partial charge < -0.3 is 14.8 Å². The highest BCUT2D eigenvalue weighted by Gasteiger charge is 2.31. The Morgan fingerprint density at radius 2 is 2.12 bits per heavy atom. The lowest BCUT2D eigenvalue weighted by molar-refractivity contribution is -0.137. The van der Waals surface area contributed by atoms with E-state index in [0.29, 0.717) is 35.4 Å². The summed E-state index contributed by atoms with van der Waals surface area (Å²) in [6, 6.07) is 6.99. The number of hydrogen-bond donors (Lipinski definition) is 1. The van der Waals surface area contributed by atoms with Gasteiger partial charge in [0.2, 0.25) is 0 Å². The number of pyridine rings is 1. The number of alkyl halides is 3. The maximum atomic E-state index is 12.9. The lowest BCUT2D eigenvalue weighted by Crippen LogP contribution is -2.18. The van der Waals surface area contributed by atoms with Crippen LogP contribution < -0.4 is 10.1 Å². The third kappa shape index (κ3) is 5.28. The summed E-state index contributed by atoms with van der Waals surface area (Å²) < 4.78 is 51.0. The van der Waals surface area contributed by atoms with E-state index in [1.165, 1.54) is 16.9 Å². The highest BCUT2D eigenvalue weighted by Crippen LogP contribution is 2.31. The molecule has 7 nitrogen and oxygen atoms in total. The van der Waals surface area contributed by atoms with Gasteiger partial charge in [-0.3, -0.25) is 4.79 Å². The van der Waals surface area contributed by atoms with Crippen molar-refractivity contribution in [2.45, 2.75) is 32.0 Å². The van der Waals surface area contributed by atoms with E-state index in [-0.39, 0.29) is 17.5 Å². The van der Waals surface area contributed by atoms with E-state index in [1.54, 1.807) is 25.1 Å². The molecule has 0 saturated carbocycles. The van der Waals surface area contributed by atoms with E-state index in [9.17, 15) is 18.0 Å². The molecule has 0 spiro atoms. The third-order valence-corrected chi connectivity index (χ3v) is 5.42. The Morgan fingerprint density at radius 3 is 2.79 bits per heavy atom. The Kier molecular flexibility index (Phi) is 6.57. The van der Waals surface area contributed by atoms with E-state index in [0.717, 1.165) is 25.1 Å². The van der Waals surface area contributed by atoms with Crippen molar-refractivity contribution in [3.63, 3.8) is 0 Å². The van der Waals surface area contributed by atoms with Crippen molar-refractivity contribution >= 4 is 23.2 Å². The number of ether oxygens (including phenoxy) is 2. The molecule has 4 rings (SSSR count). The van der Waals surface area contributed by atoms with Crippen molar-refractivity contribution in [2.24, 2.45) is 0 Å². The molecular weight excluding hydrogens is 461 g/mol. The fourth-order valence-electron chi connectivity index (χ4n) is 3.42. The predicted octanol–water partition coefficient (Wildman–Crippen LogP) is 5.06. The summed E-state index contributed by atoms with van der Waals surface area (Å²) >= 11 is 6.10. The van der Waals surface area contributed by atoms with Crippen LogP contribution in [0.15, 0.2) is 42.7 Å². The zero-order chi connectivity index (χ0) is 23.6. The van der Waals surface area contributed by atoms with Crippen LogP contribution in [0.3, 0.4) is 0 Å². The summed E-state index contributed by atoms with van der Waals surface area (Å²) in [5.41, 5.74) is 0.140. The number of nitrogens with zero attached hydrogens (tertiary/aromatic N) is 3. The Bertz CT molecular complexity index is 1140. The first-order valence-corrected chi connectivity index (χ1v) is 10.5. The standard InChI is InChI=1S/C22H20ClF3N4O3/c1-13-17(11-28-30(13)20-7-4-14(10-27-20)22(24,25)26)21(31)29-18-9-15(23)5-6-19(18)33-12-16-3-2-8-32-16/h4-7,9-11,16H,2-3,8,12H2,1H3,(H,29,31). The minimum Gasteiger partial charge on any atom is -0.489 e. The van der Waals surface area contributed by atoms with Gasteiger partial charge in [-0.1, -0.05) is 11.6 Å². The van der Waals surface area contributed by atoms with Crippen molar-refractivity contribution in [1.82, 2.24) is 14.8 Å². The smallest absolute Gasteiger partial charge is 0.417 e. The number of hydrogen-bond acceptors (Lipinski definition) is 5. The average Bonchev–Trinajstić information content (AvgIpc) is 3.42. The van der Waals surface area contributed by atoms with Crippen LogP contribution in [-0.4, -0.2) is 40.0 Å². The zero-order valence-electron chi connectivity index (χ0n) is 17.5. The maximum Gasteiger partial charge on any atom is 0.417 e. The van der Waals surface area contributed by atoms with E-state index in [1.807, 2.05) is 0 Å². The normalized spacial score (nSPS) is 16.1. The number of carbonyl (C=O) groups excluding carboxylic acids is 1. The van der Waals surface area contributed by atoms with Crippen LogP contribution in [0.25, 0.3) is 5.82 Å². The molecular formula is C22H20ClF3N4O3. The lowest BCUT2D eigenvalue weighted by atomic mass is 10.2. The summed E-state index contributed by atoms with van der Waals surface area (Å²) in [5.74, 6) is 0.121. The molecule has 1 atom stereocenters. The van der Waals surface area contributed by atoms with Crippen molar-refractivity contribution in [3.05, 3.63) is 64.6 Å². The quantitative estimate of drug-likeness (QED) is 0.533. The molecule has 0 radical (unpaired) electrons. The number of benzene rings is 1. The molecule has 1 saturated heterocycles. The molecule has 3 heterocycles. The van der Waals surface area contributed by atoms with Gasteiger partial charge in [-0.05, 0) is 50.1 Å². The Morgan fingerprint density at radius 1 is 1.30 bits per heavy atom. The van der Waals surface area contributed by atoms with Gasteiger partial charge in [0.05, 0.1) is 34.8 Å². The molecule has 1 unspecified atom stereocenters. The summed E-state index contributed by atoms with van der Waals surface area (Å²) in [6.45, 7) is 2.67. The molecule has 11 heteroatoms. The minimum absolute atomic E-state index is 0.000870. The van der Waals surface area contributed by atoms with Crippen LogP contribution in [0.5, 0.6) is 5.75 Å². The van der Waals surface area contributed by atoms with Gasteiger partial charge in [0.25, 0.3) is 5.91 Å². The highest BCUT2D eigenvalue weighted by atomic mass is 35.5. The van der Waals surface area contributed by atoms with E-state index in [2.05, 4.69) is 15.4 Å². The van der Waals surface area contributed by atoms with Crippen LogP contribution >= 0.6 is 11.6 Å². The minimum atomic E-state index is -4.49. The van der Waals surface area contributed by atoms with Crippen molar-refractivity contribution in [1.29, 1.82) is 0 Å². The SMILES string of the molecule is Cc1c(C(=O)Nc2cc(Cl)ccc2OCC2CCCO2)cnn1-c1ccc(C(F)(F)F)cn1. The summed E-state index contributed by atoms with van der Waals surface area (Å²) in [5, 5.41) is 7.29. The molecule has 33 heavy (non-hydrogen) atoms. The monoisotopic (exact) mass is 480 g/mol. The molecule has 1 N–H and O–H groups in total. The van der Waals surface area contributed by atoms with Crippen molar-refractivity contribution in [3.8, 4) is 11.6 Å². The average molecular weight is 481 g/mol. The third-order valence-electron chi connectivity index (χ3n) is 5.19. The second-order valence-corrected chi connectivity index (χ2v) is 7.94.